The number of hydrogen-bond acceptors (Lipinski definition) is 4. The van der Waals surface area contributed by atoms with Crippen molar-refractivity contribution < 1.29 is 21.4 Å². The summed E-state index contributed by atoms with van der Waals surface area (Å²) >= 11 is 0. The van der Waals surface area contributed by atoms with Crippen LogP contribution in [0.15, 0.2) is 70.5 Å². The van der Waals surface area contributed by atoms with E-state index in [1.165, 1.54) is 18.2 Å². The molecule has 3 aromatic carbocycles. The summed E-state index contributed by atoms with van der Waals surface area (Å²) in [5.74, 6) is 0. The Bertz CT molecular complexity index is 1280. The largest absolute Gasteiger partial charge is 0.294 e. The Morgan fingerprint density at radius 1 is 0.759 bits per heavy atom. The molecule has 0 heterocycles. The van der Waals surface area contributed by atoms with Crippen LogP contribution in [0, 0.1) is 20.8 Å². The van der Waals surface area contributed by atoms with E-state index in [0.717, 1.165) is 11.1 Å². The Labute approximate surface area is 171 Å². The second-order valence-corrected chi connectivity index (χ2v) is 9.94. The van der Waals surface area contributed by atoms with Crippen LogP contribution in [0.5, 0.6) is 0 Å². The Balaban J connectivity index is 2.12. The average molecular weight is 432 g/mol. The fourth-order valence-corrected chi connectivity index (χ4v) is 4.94. The van der Waals surface area contributed by atoms with Crippen LogP contribution in [0.1, 0.15) is 16.7 Å². The maximum Gasteiger partial charge on any atom is 0.294 e. The summed E-state index contributed by atoms with van der Waals surface area (Å²) in [7, 11) is -8.25. The van der Waals surface area contributed by atoms with Crippen LogP contribution < -0.4 is 4.72 Å². The fourth-order valence-electron chi connectivity index (χ4n) is 3.13. The molecule has 0 aromatic heterocycles. The van der Waals surface area contributed by atoms with Gasteiger partial charge < -0.3 is 0 Å². The molecule has 0 atom stereocenters. The number of sulfonamides is 1. The summed E-state index contributed by atoms with van der Waals surface area (Å²) in [6.07, 6.45) is 0. The third-order valence-electron chi connectivity index (χ3n) is 4.59. The van der Waals surface area contributed by atoms with E-state index in [9.17, 15) is 21.4 Å². The van der Waals surface area contributed by atoms with Crippen molar-refractivity contribution in [2.75, 3.05) is 4.72 Å². The van der Waals surface area contributed by atoms with Gasteiger partial charge in [-0.05, 0) is 61.7 Å². The molecule has 3 aromatic rings. The maximum absolute atomic E-state index is 12.8. The summed E-state index contributed by atoms with van der Waals surface area (Å²) in [5, 5.41) is 0. The number of aryl methyl sites for hydroxylation is 3. The van der Waals surface area contributed by atoms with Gasteiger partial charge >= 0.3 is 0 Å². The molecule has 0 saturated heterocycles. The number of nitrogens with one attached hydrogen (secondary N) is 1. The van der Waals surface area contributed by atoms with Gasteiger partial charge in [-0.15, -0.1) is 0 Å². The van der Waals surface area contributed by atoms with E-state index in [2.05, 4.69) is 4.72 Å². The van der Waals surface area contributed by atoms with Crippen molar-refractivity contribution in [1.29, 1.82) is 0 Å². The first-order valence-corrected chi connectivity index (χ1v) is 11.7. The highest BCUT2D eigenvalue weighted by Gasteiger charge is 2.20. The van der Waals surface area contributed by atoms with Crippen LogP contribution in [0.4, 0.5) is 5.69 Å². The summed E-state index contributed by atoms with van der Waals surface area (Å²) in [4.78, 5) is -0.0912. The van der Waals surface area contributed by atoms with Crippen LogP contribution in [-0.4, -0.2) is 21.4 Å². The molecule has 0 amide bonds. The van der Waals surface area contributed by atoms with Crippen LogP contribution in [0.2, 0.25) is 0 Å². The summed E-state index contributed by atoms with van der Waals surface area (Å²) in [6.45, 7) is 5.25. The molecule has 29 heavy (non-hydrogen) atoms. The van der Waals surface area contributed by atoms with Gasteiger partial charge in [-0.2, -0.15) is 8.42 Å². The van der Waals surface area contributed by atoms with Crippen molar-refractivity contribution in [2.24, 2.45) is 0 Å². The molecule has 3 rings (SSSR count). The van der Waals surface area contributed by atoms with Crippen molar-refractivity contribution >= 4 is 25.8 Å². The number of para-hydroxylation sites is 1. The average Bonchev–Trinajstić information content (AvgIpc) is 2.61. The van der Waals surface area contributed by atoms with Gasteiger partial charge in [0.25, 0.3) is 20.1 Å². The highest BCUT2D eigenvalue weighted by molar-refractivity contribution is 7.92. The molecule has 6 nitrogen and oxygen atoms in total. The standard InChI is InChI=1S/C21H21NO5S2/c1-14-8-10-17(11-9-14)28(23,24)22-20-7-5-4-6-18(20)19-13-21(29(25,26)27)16(3)12-15(19)2/h4-13,22H,1-3H3,(H,25,26,27). The minimum Gasteiger partial charge on any atom is -0.282 e. The lowest BCUT2D eigenvalue weighted by molar-refractivity contribution is 0.482. The van der Waals surface area contributed by atoms with E-state index in [1.807, 2.05) is 6.92 Å². The number of benzene rings is 3. The molecule has 8 heteroatoms. The summed E-state index contributed by atoms with van der Waals surface area (Å²) in [5.41, 5.74) is 3.41. The molecule has 152 valence electrons. The SMILES string of the molecule is Cc1ccc(S(=O)(=O)Nc2ccccc2-c2cc(S(=O)(=O)O)c(C)cc2C)cc1. The van der Waals surface area contributed by atoms with Gasteiger partial charge in [0.15, 0.2) is 0 Å². The minimum atomic E-state index is -4.41. The van der Waals surface area contributed by atoms with Crippen molar-refractivity contribution in [2.45, 2.75) is 30.6 Å². The second kappa shape index (κ2) is 7.62. The van der Waals surface area contributed by atoms with Crippen molar-refractivity contribution in [3.05, 3.63) is 77.4 Å². The molecular formula is C21H21NO5S2. The second-order valence-electron chi connectivity index (χ2n) is 6.87. The van der Waals surface area contributed by atoms with Gasteiger partial charge in [0.2, 0.25) is 0 Å². The summed E-state index contributed by atoms with van der Waals surface area (Å²) < 4.78 is 61.2. The Hall–Kier alpha value is -2.68. The number of hydrogen-bond donors (Lipinski definition) is 2. The van der Waals surface area contributed by atoms with E-state index < -0.39 is 20.1 Å². The lowest BCUT2D eigenvalue weighted by Crippen LogP contribution is -2.13. The van der Waals surface area contributed by atoms with Gasteiger partial charge in [-0.3, -0.25) is 9.27 Å². The van der Waals surface area contributed by atoms with Crippen molar-refractivity contribution in [1.82, 2.24) is 0 Å². The number of rotatable bonds is 5. The highest BCUT2D eigenvalue weighted by atomic mass is 32.2. The first-order valence-electron chi connectivity index (χ1n) is 8.77. The smallest absolute Gasteiger partial charge is 0.282 e. The van der Waals surface area contributed by atoms with Crippen LogP contribution >= 0.6 is 0 Å². The summed E-state index contributed by atoms with van der Waals surface area (Å²) in [6, 6.07) is 16.2. The van der Waals surface area contributed by atoms with Crippen LogP contribution in [0.25, 0.3) is 11.1 Å². The van der Waals surface area contributed by atoms with Crippen molar-refractivity contribution in [3.8, 4) is 11.1 Å². The van der Waals surface area contributed by atoms with Gasteiger partial charge in [-0.25, -0.2) is 8.42 Å². The Morgan fingerprint density at radius 3 is 2.00 bits per heavy atom. The van der Waals surface area contributed by atoms with Gasteiger partial charge in [0, 0.05) is 5.56 Å². The molecule has 0 spiro atoms. The predicted octanol–water partition coefficient (Wildman–Crippen LogP) is 4.33. The molecule has 0 saturated carbocycles. The quantitative estimate of drug-likeness (QED) is 0.586. The van der Waals surface area contributed by atoms with Crippen molar-refractivity contribution in [3.63, 3.8) is 0 Å². The topological polar surface area (TPSA) is 101 Å². The zero-order valence-corrected chi connectivity index (χ0v) is 17.8. The predicted molar refractivity (Wildman–Crippen MR) is 113 cm³/mol. The van der Waals surface area contributed by atoms with E-state index in [-0.39, 0.29) is 9.79 Å². The number of anilines is 1. The fraction of sp³-hybridized carbons (Fsp3) is 0.143. The maximum atomic E-state index is 12.8. The lowest BCUT2D eigenvalue weighted by atomic mass is 9.97. The third-order valence-corrected chi connectivity index (χ3v) is 6.97. The Morgan fingerprint density at radius 2 is 1.38 bits per heavy atom. The van der Waals surface area contributed by atoms with Gasteiger partial charge in [0.05, 0.1) is 15.5 Å². The first kappa shape index (κ1) is 21.0. The first-order chi connectivity index (χ1) is 13.5. The van der Waals surface area contributed by atoms with Crippen LogP contribution in [0.3, 0.4) is 0 Å². The molecule has 2 N–H and O–H groups in total. The van der Waals surface area contributed by atoms with Gasteiger partial charge in [-0.1, -0.05) is 42.0 Å². The zero-order valence-electron chi connectivity index (χ0n) is 16.2. The molecular weight excluding hydrogens is 410 g/mol. The molecule has 0 fully saturated rings. The molecule has 0 radical (unpaired) electrons. The highest BCUT2D eigenvalue weighted by Crippen LogP contribution is 2.34. The van der Waals surface area contributed by atoms with Crippen LogP contribution in [-0.2, 0) is 20.1 Å². The van der Waals surface area contributed by atoms with E-state index in [0.29, 0.717) is 22.4 Å². The van der Waals surface area contributed by atoms with E-state index in [1.54, 1.807) is 56.3 Å². The van der Waals surface area contributed by atoms with E-state index in [4.69, 9.17) is 0 Å². The molecule has 0 unspecified atom stereocenters. The third kappa shape index (κ3) is 4.50. The molecule has 0 bridgehead atoms. The molecule has 0 aliphatic rings. The molecule has 0 aliphatic heterocycles. The Kier molecular flexibility index (Phi) is 5.53. The monoisotopic (exact) mass is 431 g/mol. The molecule has 0 aliphatic carbocycles. The minimum absolute atomic E-state index is 0.122. The van der Waals surface area contributed by atoms with E-state index >= 15 is 0 Å². The zero-order chi connectivity index (χ0) is 21.4. The lowest BCUT2D eigenvalue weighted by Gasteiger charge is -2.16. The van der Waals surface area contributed by atoms with Gasteiger partial charge in [0.1, 0.15) is 0 Å². The normalized spacial score (nSPS) is 12.0.